The fourth-order valence-electron chi connectivity index (χ4n) is 10.9. The van der Waals surface area contributed by atoms with Gasteiger partial charge >= 0.3 is 18.4 Å². The molecule has 4 aromatic rings. The Morgan fingerprint density at radius 2 is 1.49 bits per heavy atom. The fourth-order valence-corrected chi connectivity index (χ4v) is 10.9. The van der Waals surface area contributed by atoms with Crippen molar-refractivity contribution in [1.82, 2.24) is 19.6 Å². The van der Waals surface area contributed by atoms with Crippen molar-refractivity contribution in [1.29, 1.82) is 0 Å². The second-order valence-electron chi connectivity index (χ2n) is 19.7. The van der Waals surface area contributed by atoms with Gasteiger partial charge in [0.25, 0.3) is 5.91 Å². The maximum atomic E-state index is 14.2. The Hall–Kier alpha value is -5.56. The van der Waals surface area contributed by atoms with Crippen LogP contribution in [0.2, 0.25) is 0 Å². The molecule has 4 aliphatic rings. The average molecular weight is 1010 g/mol. The lowest BCUT2D eigenvalue weighted by atomic mass is 9.72. The highest BCUT2D eigenvalue weighted by Crippen LogP contribution is 2.48. The molecule has 0 bridgehead atoms. The first-order valence-corrected chi connectivity index (χ1v) is 24.6. The molecule has 3 aliphatic heterocycles. The number of likely N-dealkylation sites (tertiary alicyclic amines) is 2. The van der Waals surface area contributed by atoms with Crippen molar-refractivity contribution in [2.45, 2.75) is 100.0 Å². The number of benzene rings is 4. The van der Waals surface area contributed by atoms with Gasteiger partial charge in [0.2, 0.25) is 5.91 Å². The minimum Gasteiger partial charge on any atom is -0.445 e. The molecule has 11 nitrogen and oxygen atoms in total. The smallest absolute Gasteiger partial charge is 0.416 e. The van der Waals surface area contributed by atoms with Crippen molar-refractivity contribution in [3.05, 3.63) is 142 Å². The number of carbonyl (C=O) groups is 3. The molecule has 0 saturated carbocycles. The molecule has 388 valence electrons. The number of hydrogen-bond donors (Lipinski definition) is 1. The summed E-state index contributed by atoms with van der Waals surface area (Å²) in [6.45, 7) is 2.76. The minimum atomic E-state index is -5.14. The number of amides is 3. The van der Waals surface area contributed by atoms with Crippen molar-refractivity contribution in [3.8, 4) is 0 Å². The number of carbonyl (C=O) groups excluding carboxylic acids is 3. The maximum absolute atomic E-state index is 14.2. The molecule has 72 heavy (non-hydrogen) atoms. The number of nitrogens with zero attached hydrogens (tertiary/aromatic N) is 4. The summed E-state index contributed by atoms with van der Waals surface area (Å²) in [5.41, 5.74) is -1.83. The van der Waals surface area contributed by atoms with Gasteiger partial charge in [-0.2, -0.15) is 26.3 Å². The lowest BCUT2D eigenvalue weighted by Crippen LogP contribution is -2.50. The molecule has 3 fully saturated rings. The van der Waals surface area contributed by atoms with Crippen molar-refractivity contribution >= 4 is 17.9 Å². The summed E-state index contributed by atoms with van der Waals surface area (Å²) in [5, 5.41) is 11.0. The second kappa shape index (κ2) is 22.3. The van der Waals surface area contributed by atoms with E-state index in [0.717, 1.165) is 22.4 Å². The lowest BCUT2D eigenvalue weighted by molar-refractivity contribution is -0.143. The van der Waals surface area contributed by atoms with Gasteiger partial charge < -0.3 is 38.9 Å². The van der Waals surface area contributed by atoms with E-state index in [2.05, 4.69) is 17.0 Å². The highest BCUT2D eigenvalue weighted by atomic mass is 19.4. The first-order chi connectivity index (χ1) is 34.3. The van der Waals surface area contributed by atoms with Crippen molar-refractivity contribution < 1.29 is 64.4 Å². The van der Waals surface area contributed by atoms with Gasteiger partial charge in [-0.15, -0.1) is 0 Å². The fraction of sp³-hybridized carbons (Fsp3) is 0.500. The van der Waals surface area contributed by atoms with Gasteiger partial charge in [0.05, 0.1) is 29.9 Å². The first-order valence-electron chi connectivity index (χ1n) is 24.6. The number of rotatable bonds is 16. The van der Waals surface area contributed by atoms with Crippen molar-refractivity contribution in [2.75, 3.05) is 66.2 Å². The van der Waals surface area contributed by atoms with Crippen LogP contribution in [-0.4, -0.2) is 121 Å². The SMILES string of the molecule is CN(CCCCC(O)C1CCN(C(=O)OCc2ccccc2)CC1)C(=O)CO[C@H]1Cc2ccccc2C12CCN(CC[C@@]1(c3ccc(F)cc3)CN(C(=O)c3cc(C(F)(F)F)cc(C(F)(F)F)c3)CO1)CC2. The van der Waals surface area contributed by atoms with Crippen LogP contribution in [0.5, 0.6) is 0 Å². The van der Waals surface area contributed by atoms with Crippen LogP contribution in [0.1, 0.15) is 95.1 Å². The molecule has 0 radical (unpaired) electrons. The van der Waals surface area contributed by atoms with E-state index < -0.39 is 59.2 Å². The molecule has 3 amide bonds. The van der Waals surface area contributed by atoms with Gasteiger partial charge in [0.1, 0.15) is 31.4 Å². The van der Waals surface area contributed by atoms with Crippen LogP contribution in [0.25, 0.3) is 0 Å². The minimum absolute atomic E-state index is 0.0261. The van der Waals surface area contributed by atoms with Crippen LogP contribution in [0, 0.1) is 11.7 Å². The van der Waals surface area contributed by atoms with Crippen molar-refractivity contribution in [3.63, 3.8) is 0 Å². The number of likely N-dealkylation sites (N-methyl/N-ethyl adjacent to an activating group) is 1. The van der Waals surface area contributed by atoms with Crippen LogP contribution < -0.4 is 0 Å². The number of unbranched alkanes of at least 4 members (excludes halogenated alkanes) is 1. The van der Waals surface area contributed by atoms with Crippen LogP contribution in [0.15, 0.2) is 97.1 Å². The van der Waals surface area contributed by atoms with Crippen molar-refractivity contribution in [2.24, 2.45) is 5.92 Å². The van der Waals surface area contributed by atoms with Crippen LogP contribution in [-0.2, 0) is 55.4 Å². The third kappa shape index (κ3) is 12.3. The zero-order chi connectivity index (χ0) is 51.3. The molecule has 3 saturated heterocycles. The Morgan fingerprint density at radius 3 is 2.15 bits per heavy atom. The Labute approximate surface area is 414 Å². The molecule has 3 heterocycles. The van der Waals surface area contributed by atoms with Gasteiger partial charge in [-0.05, 0) is 129 Å². The number of halogens is 7. The quantitative estimate of drug-likeness (QED) is 0.0874. The van der Waals surface area contributed by atoms with Gasteiger partial charge in [-0.1, -0.05) is 66.7 Å². The Morgan fingerprint density at radius 1 is 0.833 bits per heavy atom. The summed E-state index contributed by atoms with van der Waals surface area (Å²) in [4.78, 5) is 46.4. The van der Waals surface area contributed by atoms with E-state index in [1.807, 2.05) is 42.5 Å². The summed E-state index contributed by atoms with van der Waals surface area (Å²) in [5.74, 6) is -1.65. The summed E-state index contributed by atoms with van der Waals surface area (Å²) < 4.78 is 115. The summed E-state index contributed by atoms with van der Waals surface area (Å²) in [6, 6.07) is 23.9. The van der Waals surface area contributed by atoms with E-state index in [1.54, 1.807) is 16.8 Å². The summed E-state index contributed by atoms with van der Waals surface area (Å²) in [7, 11) is 1.75. The van der Waals surface area contributed by atoms with Gasteiger partial charge in [0.15, 0.2) is 0 Å². The van der Waals surface area contributed by atoms with Gasteiger partial charge in [0, 0.05) is 44.2 Å². The second-order valence-corrected chi connectivity index (χ2v) is 19.7. The Kier molecular flexibility index (Phi) is 16.3. The number of aliphatic hydroxyl groups excluding tert-OH is 1. The highest BCUT2D eigenvalue weighted by Gasteiger charge is 2.50. The molecule has 8 rings (SSSR count). The standard InChI is InChI=1S/C54H61F7N4O7/c1-62(23-8-7-13-46(66)38-18-24-64(25-19-38)50(69)71-33-37-9-3-2-4-10-37)48(67)34-70-47-31-39-11-5-6-12-45(39)51(47)20-26-63(27-21-51)28-22-52(41-14-16-44(55)17-15-41)35-65(36-72-52)49(68)40-29-42(53(56,57)58)32-43(30-40)54(59,60)61/h2-6,9-12,14-17,29-30,32,38,46-47,66H,7-8,13,18-28,31,33-36H2,1H3/t46?,47-,52-/m0/s1. The van der Waals surface area contributed by atoms with Crippen LogP contribution in [0.3, 0.4) is 0 Å². The molecule has 0 aromatic heterocycles. The molecular formula is C54H61F7N4O7. The number of ether oxygens (including phenoxy) is 3. The number of alkyl halides is 6. The summed E-state index contributed by atoms with van der Waals surface area (Å²) >= 11 is 0. The molecule has 4 aromatic carbocycles. The molecule has 3 atom stereocenters. The number of hydrogen-bond acceptors (Lipinski definition) is 8. The first kappa shape index (κ1) is 52.8. The molecule has 1 N–H and O–H groups in total. The van der Waals surface area contributed by atoms with E-state index in [9.17, 15) is 50.2 Å². The topological polar surface area (TPSA) is 112 Å². The average Bonchev–Trinajstić information content (AvgIpc) is 3.95. The van der Waals surface area contributed by atoms with E-state index >= 15 is 0 Å². The summed E-state index contributed by atoms with van der Waals surface area (Å²) in [6.07, 6.45) is -5.66. The predicted octanol–water partition coefficient (Wildman–Crippen LogP) is 9.59. The third-order valence-electron chi connectivity index (χ3n) is 15.2. The number of fused-ring (bicyclic) bond motifs is 2. The zero-order valence-electron chi connectivity index (χ0n) is 40.2. The molecule has 18 heteroatoms. The molecule has 1 unspecified atom stereocenters. The largest absolute Gasteiger partial charge is 0.445 e. The van der Waals surface area contributed by atoms with E-state index in [1.165, 1.54) is 29.8 Å². The van der Waals surface area contributed by atoms with E-state index in [0.29, 0.717) is 102 Å². The van der Waals surface area contributed by atoms with Gasteiger partial charge in [-0.25, -0.2) is 9.18 Å². The number of piperidine rings is 2. The zero-order valence-corrected chi connectivity index (χ0v) is 40.2. The van der Waals surface area contributed by atoms with Crippen LogP contribution in [0.4, 0.5) is 35.5 Å². The van der Waals surface area contributed by atoms with Crippen LogP contribution >= 0.6 is 0 Å². The maximum Gasteiger partial charge on any atom is 0.416 e. The third-order valence-corrected chi connectivity index (χ3v) is 15.2. The Bertz CT molecular complexity index is 2460. The molecule has 1 aliphatic carbocycles. The van der Waals surface area contributed by atoms with E-state index in [4.69, 9.17) is 14.2 Å². The lowest BCUT2D eigenvalue weighted by Gasteiger charge is -2.44. The highest BCUT2D eigenvalue weighted by molar-refractivity contribution is 5.95. The molecule has 1 spiro atoms. The Balaban J connectivity index is 0.821. The normalized spacial score (nSPS) is 20.9. The van der Waals surface area contributed by atoms with Gasteiger partial charge in [-0.3, -0.25) is 9.59 Å². The predicted molar refractivity (Wildman–Crippen MR) is 252 cm³/mol. The monoisotopic (exact) mass is 1010 g/mol. The van der Waals surface area contributed by atoms with E-state index in [-0.39, 0.29) is 61.7 Å². The number of aliphatic hydroxyl groups is 1. The molecular weight excluding hydrogens is 950 g/mol.